The highest BCUT2D eigenvalue weighted by molar-refractivity contribution is 5.90. The molecule has 0 bridgehead atoms. The van der Waals surface area contributed by atoms with Crippen molar-refractivity contribution in [2.75, 3.05) is 22.1 Å². The van der Waals surface area contributed by atoms with Crippen molar-refractivity contribution < 1.29 is 0 Å². The van der Waals surface area contributed by atoms with Gasteiger partial charge in [0.25, 0.3) is 0 Å². The van der Waals surface area contributed by atoms with E-state index in [1.807, 2.05) is 18.2 Å². The summed E-state index contributed by atoms with van der Waals surface area (Å²) in [6.07, 6.45) is 5.26. The summed E-state index contributed by atoms with van der Waals surface area (Å²) in [6, 6.07) is 12.6. The van der Waals surface area contributed by atoms with E-state index in [1.165, 1.54) is 6.42 Å². The fraction of sp³-hybridized carbons (Fsp3) is 0.316. The van der Waals surface area contributed by atoms with Crippen LogP contribution in [0.5, 0.6) is 0 Å². The highest BCUT2D eigenvalue weighted by Gasteiger charge is 2.26. The third-order valence-electron chi connectivity index (χ3n) is 4.73. The first-order valence-corrected chi connectivity index (χ1v) is 8.68. The summed E-state index contributed by atoms with van der Waals surface area (Å²) in [4.78, 5) is 11.0. The van der Waals surface area contributed by atoms with Crippen molar-refractivity contribution in [2.45, 2.75) is 32.2 Å². The van der Waals surface area contributed by atoms with Crippen LogP contribution in [0.15, 0.2) is 42.3 Å². The van der Waals surface area contributed by atoms with E-state index in [1.54, 1.807) is 12.3 Å². The van der Waals surface area contributed by atoms with Crippen molar-refractivity contribution in [3.8, 4) is 6.07 Å². The molecule has 0 unspecified atom stereocenters. The number of aromatic nitrogens is 2. The summed E-state index contributed by atoms with van der Waals surface area (Å²) in [5.41, 5.74) is 3.24. The number of benzene rings is 1. The molecule has 1 saturated carbocycles. The van der Waals surface area contributed by atoms with Crippen molar-refractivity contribution in [3.05, 3.63) is 48.0 Å². The van der Waals surface area contributed by atoms with Gasteiger partial charge in [-0.2, -0.15) is 5.26 Å². The van der Waals surface area contributed by atoms with Crippen LogP contribution in [-0.4, -0.2) is 22.6 Å². The van der Waals surface area contributed by atoms with E-state index in [4.69, 9.17) is 0 Å². The molecule has 126 valence electrons. The Labute approximate surface area is 147 Å². The Kier molecular flexibility index (Phi) is 3.98. The highest BCUT2D eigenvalue weighted by Crippen LogP contribution is 2.38. The van der Waals surface area contributed by atoms with Crippen LogP contribution in [0, 0.1) is 11.3 Å². The third kappa shape index (κ3) is 2.78. The summed E-state index contributed by atoms with van der Waals surface area (Å²) in [6.45, 7) is 2.84. The molecule has 6 nitrogen and oxygen atoms in total. The molecule has 2 N–H and O–H groups in total. The lowest BCUT2D eigenvalue weighted by molar-refractivity contribution is 0.443. The normalized spacial score (nSPS) is 18.0. The minimum atomic E-state index is 0.453. The second kappa shape index (κ2) is 6.44. The van der Waals surface area contributed by atoms with Crippen molar-refractivity contribution in [3.63, 3.8) is 0 Å². The van der Waals surface area contributed by atoms with E-state index in [0.717, 1.165) is 36.6 Å². The lowest BCUT2D eigenvalue weighted by Crippen LogP contribution is -2.28. The summed E-state index contributed by atoms with van der Waals surface area (Å²) in [5.74, 6) is 1.37. The van der Waals surface area contributed by atoms with Crippen LogP contribution in [0.3, 0.4) is 0 Å². The molecule has 0 atom stereocenters. The molecule has 2 aromatic rings. The molecule has 1 aliphatic heterocycles. The van der Waals surface area contributed by atoms with E-state index in [2.05, 4.69) is 44.6 Å². The molecule has 0 saturated heterocycles. The molecular formula is C19H20N6. The molecule has 4 rings (SSSR count). The van der Waals surface area contributed by atoms with E-state index >= 15 is 0 Å². The maximum absolute atomic E-state index is 9.81. The van der Waals surface area contributed by atoms with Gasteiger partial charge in [-0.05, 0) is 44.4 Å². The maximum Gasteiger partial charge on any atom is 0.223 e. The summed E-state index contributed by atoms with van der Waals surface area (Å²) in [5, 5.41) is 16.5. The molecule has 1 aromatic carbocycles. The molecule has 1 aliphatic carbocycles. The topological polar surface area (TPSA) is 76.9 Å². The van der Waals surface area contributed by atoms with Gasteiger partial charge in [-0.15, -0.1) is 0 Å². The van der Waals surface area contributed by atoms with Gasteiger partial charge >= 0.3 is 0 Å². The van der Waals surface area contributed by atoms with Gasteiger partial charge in [-0.3, -0.25) is 0 Å². The number of nitriles is 1. The number of rotatable bonds is 4. The Balaban J connectivity index is 1.71. The van der Waals surface area contributed by atoms with Crippen molar-refractivity contribution in [1.29, 1.82) is 5.26 Å². The lowest BCUT2D eigenvalue weighted by Gasteiger charge is -2.26. The van der Waals surface area contributed by atoms with Crippen molar-refractivity contribution >= 4 is 22.9 Å². The largest absolute Gasteiger partial charge is 0.351 e. The number of allylic oxidation sites excluding steroid dienone is 1. The van der Waals surface area contributed by atoms with Gasteiger partial charge in [-0.1, -0.05) is 12.1 Å². The number of fused-ring (bicyclic) bond motifs is 1. The standard InChI is InChI=1S/C19H20N6/c1-2-25-17-9-4-3-8-16(17)23-18(25)14(12-20)15-10-11-21-19(24-15)22-13-6-5-7-13/h3-4,8-11,13,23H,2,5-7H2,1H3,(H,21,22,24). The van der Waals surface area contributed by atoms with Crippen molar-refractivity contribution in [1.82, 2.24) is 9.97 Å². The number of nitrogens with one attached hydrogen (secondary N) is 2. The fourth-order valence-electron chi connectivity index (χ4n) is 3.19. The van der Waals surface area contributed by atoms with Crippen LogP contribution in [-0.2, 0) is 0 Å². The average molecular weight is 332 g/mol. The van der Waals surface area contributed by atoms with Crippen LogP contribution in [0.4, 0.5) is 17.3 Å². The number of hydrogen-bond acceptors (Lipinski definition) is 6. The first kappa shape index (κ1) is 15.5. The zero-order valence-corrected chi connectivity index (χ0v) is 14.2. The van der Waals surface area contributed by atoms with Gasteiger partial charge in [0.2, 0.25) is 5.95 Å². The molecule has 2 aliphatic rings. The Morgan fingerprint density at radius 1 is 1.36 bits per heavy atom. The van der Waals surface area contributed by atoms with Gasteiger partial charge in [0.05, 0.1) is 17.1 Å². The first-order chi connectivity index (χ1) is 12.3. The fourth-order valence-corrected chi connectivity index (χ4v) is 3.19. The molecule has 1 fully saturated rings. The number of nitrogens with zero attached hydrogens (tertiary/aromatic N) is 4. The van der Waals surface area contributed by atoms with E-state index in [0.29, 0.717) is 23.3 Å². The average Bonchev–Trinajstić information content (AvgIpc) is 2.97. The van der Waals surface area contributed by atoms with Crippen LogP contribution in [0.1, 0.15) is 31.9 Å². The van der Waals surface area contributed by atoms with Crippen LogP contribution in [0.25, 0.3) is 5.57 Å². The number of para-hydroxylation sites is 2. The van der Waals surface area contributed by atoms with Crippen molar-refractivity contribution in [2.24, 2.45) is 0 Å². The van der Waals surface area contributed by atoms with Gasteiger partial charge in [0.15, 0.2) is 0 Å². The molecule has 2 heterocycles. The summed E-state index contributed by atoms with van der Waals surface area (Å²) >= 11 is 0. The molecule has 0 amide bonds. The predicted octanol–water partition coefficient (Wildman–Crippen LogP) is 3.59. The second-order valence-corrected chi connectivity index (χ2v) is 6.26. The zero-order chi connectivity index (χ0) is 17.2. The van der Waals surface area contributed by atoms with E-state index in [9.17, 15) is 5.26 Å². The second-order valence-electron chi connectivity index (χ2n) is 6.26. The monoisotopic (exact) mass is 332 g/mol. The minimum absolute atomic E-state index is 0.453. The third-order valence-corrected chi connectivity index (χ3v) is 4.73. The maximum atomic E-state index is 9.81. The predicted molar refractivity (Wildman–Crippen MR) is 98.9 cm³/mol. The summed E-state index contributed by atoms with van der Waals surface area (Å²) in [7, 11) is 0. The highest BCUT2D eigenvalue weighted by atomic mass is 15.3. The van der Waals surface area contributed by atoms with Gasteiger partial charge < -0.3 is 15.5 Å². The number of hydrogen-bond donors (Lipinski definition) is 2. The summed E-state index contributed by atoms with van der Waals surface area (Å²) < 4.78 is 0. The zero-order valence-electron chi connectivity index (χ0n) is 14.2. The van der Waals surface area contributed by atoms with Gasteiger partial charge in [-0.25, -0.2) is 9.97 Å². The molecular weight excluding hydrogens is 312 g/mol. The Morgan fingerprint density at radius 3 is 2.92 bits per heavy atom. The molecule has 25 heavy (non-hydrogen) atoms. The van der Waals surface area contributed by atoms with E-state index < -0.39 is 0 Å². The SMILES string of the molecule is CCN1C(=C(C#N)c2ccnc(NC3CCC3)n2)Nc2ccccc21. The Bertz CT molecular complexity index is 862. The van der Waals surface area contributed by atoms with Crippen LogP contribution in [0.2, 0.25) is 0 Å². The van der Waals surface area contributed by atoms with Gasteiger partial charge in [0.1, 0.15) is 17.5 Å². The smallest absolute Gasteiger partial charge is 0.223 e. The van der Waals surface area contributed by atoms with Gasteiger partial charge in [0, 0.05) is 18.8 Å². The van der Waals surface area contributed by atoms with Crippen LogP contribution >= 0.6 is 0 Å². The quantitative estimate of drug-likeness (QED) is 0.833. The van der Waals surface area contributed by atoms with E-state index in [-0.39, 0.29) is 0 Å². The Hall–Kier alpha value is -3.07. The number of anilines is 3. The lowest BCUT2D eigenvalue weighted by atomic mass is 9.93. The molecule has 1 aromatic heterocycles. The minimum Gasteiger partial charge on any atom is -0.351 e. The van der Waals surface area contributed by atoms with Crippen LogP contribution < -0.4 is 15.5 Å². The molecule has 6 heteroatoms. The molecule has 0 radical (unpaired) electrons. The Morgan fingerprint density at radius 2 is 2.20 bits per heavy atom. The molecule has 0 spiro atoms. The first-order valence-electron chi connectivity index (χ1n) is 8.68.